The number of aromatic hydroxyl groups is 1. The van der Waals surface area contributed by atoms with Crippen LogP contribution < -0.4 is 4.74 Å². The molecule has 16 heavy (non-hydrogen) atoms. The van der Waals surface area contributed by atoms with Crippen molar-refractivity contribution in [2.45, 2.75) is 12.5 Å². The molecule has 0 atom stereocenters. The lowest BCUT2D eigenvalue weighted by Gasteiger charge is -2.12. The van der Waals surface area contributed by atoms with Crippen LogP contribution in [0.2, 0.25) is 0 Å². The Labute approximate surface area is 85.1 Å². The third kappa shape index (κ3) is 3.21. The van der Waals surface area contributed by atoms with E-state index in [1.807, 2.05) is 0 Å². The number of phenolic OH excluding ortho intramolecular Hbond substituents is 1. The zero-order valence-corrected chi connectivity index (χ0v) is 7.36. The van der Waals surface area contributed by atoms with Gasteiger partial charge in [-0.25, -0.2) is 0 Å². The number of phenols is 1. The van der Waals surface area contributed by atoms with Crippen molar-refractivity contribution < 1.29 is 36.2 Å². The summed E-state index contributed by atoms with van der Waals surface area (Å²) in [5.41, 5.74) is -1.34. The second-order valence-corrected chi connectivity index (χ2v) is 2.73. The van der Waals surface area contributed by atoms with E-state index in [4.69, 9.17) is 5.11 Å². The van der Waals surface area contributed by atoms with Gasteiger partial charge in [-0.3, -0.25) is 0 Å². The van der Waals surface area contributed by atoms with Crippen molar-refractivity contribution in [1.29, 1.82) is 0 Å². The summed E-state index contributed by atoms with van der Waals surface area (Å²) in [6, 6.07) is 0.991. The van der Waals surface area contributed by atoms with E-state index in [1.54, 1.807) is 0 Å². The number of alkyl halides is 6. The number of benzene rings is 1. The molecular weight excluding hydrogens is 242 g/mol. The van der Waals surface area contributed by atoms with Crippen molar-refractivity contribution in [3.8, 4) is 11.5 Å². The number of halogens is 6. The minimum absolute atomic E-state index is 0.0722. The first-order chi connectivity index (χ1) is 7.09. The van der Waals surface area contributed by atoms with Gasteiger partial charge in [0.05, 0.1) is 5.56 Å². The summed E-state index contributed by atoms with van der Waals surface area (Å²) >= 11 is 0. The van der Waals surface area contributed by atoms with Crippen molar-refractivity contribution in [2.24, 2.45) is 0 Å². The van der Waals surface area contributed by atoms with Crippen molar-refractivity contribution in [1.82, 2.24) is 0 Å². The van der Waals surface area contributed by atoms with Gasteiger partial charge in [-0.2, -0.15) is 13.2 Å². The van der Waals surface area contributed by atoms with Gasteiger partial charge in [0.1, 0.15) is 0 Å². The molecule has 1 aromatic carbocycles. The smallest absolute Gasteiger partial charge is 0.504 e. The van der Waals surface area contributed by atoms with Crippen LogP contribution in [0.4, 0.5) is 26.3 Å². The van der Waals surface area contributed by atoms with Gasteiger partial charge in [-0.1, -0.05) is 0 Å². The van der Waals surface area contributed by atoms with Crippen molar-refractivity contribution in [3.63, 3.8) is 0 Å². The molecule has 8 heteroatoms. The van der Waals surface area contributed by atoms with Crippen molar-refractivity contribution in [3.05, 3.63) is 23.8 Å². The number of hydrogen-bond acceptors (Lipinski definition) is 2. The van der Waals surface area contributed by atoms with Crippen LogP contribution in [0.1, 0.15) is 5.56 Å². The molecule has 0 bridgehead atoms. The third-order valence-corrected chi connectivity index (χ3v) is 1.51. The second kappa shape index (κ2) is 3.76. The molecule has 0 fully saturated rings. The first kappa shape index (κ1) is 12.5. The molecule has 0 amide bonds. The van der Waals surface area contributed by atoms with Crippen molar-refractivity contribution in [2.75, 3.05) is 0 Å². The first-order valence-electron chi connectivity index (χ1n) is 3.75. The van der Waals surface area contributed by atoms with Crippen LogP contribution in [-0.4, -0.2) is 11.5 Å². The van der Waals surface area contributed by atoms with E-state index in [0.717, 1.165) is 0 Å². The molecular formula is C8H4F6O2. The van der Waals surface area contributed by atoms with Crippen LogP contribution in [0.5, 0.6) is 11.5 Å². The fraction of sp³-hybridized carbons (Fsp3) is 0.250. The Morgan fingerprint density at radius 3 is 2.00 bits per heavy atom. The molecule has 0 saturated heterocycles. The normalized spacial score (nSPS) is 12.6. The van der Waals surface area contributed by atoms with E-state index in [-0.39, 0.29) is 6.07 Å². The molecule has 2 nitrogen and oxygen atoms in total. The lowest BCUT2D eigenvalue weighted by molar-refractivity contribution is -0.275. The molecule has 1 aromatic rings. The van der Waals surface area contributed by atoms with Crippen molar-refractivity contribution >= 4 is 0 Å². The highest BCUT2D eigenvalue weighted by Gasteiger charge is 2.35. The summed E-state index contributed by atoms with van der Waals surface area (Å²) in [6.45, 7) is 0. The van der Waals surface area contributed by atoms with Crippen LogP contribution in [-0.2, 0) is 6.18 Å². The van der Waals surface area contributed by atoms with E-state index >= 15 is 0 Å². The molecule has 0 aliphatic carbocycles. The molecule has 0 saturated carbocycles. The first-order valence-corrected chi connectivity index (χ1v) is 3.75. The Morgan fingerprint density at radius 1 is 1.00 bits per heavy atom. The summed E-state index contributed by atoms with van der Waals surface area (Å²) in [7, 11) is 0. The SMILES string of the molecule is Oc1ccc(C(F)(F)F)cc1OC(F)(F)F. The maximum absolute atomic E-state index is 12.1. The number of rotatable bonds is 1. The standard InChI is InChI=1S/C8H4F6O2/c9-7(10,11)4-1-2-5(15)6(3-4)16-8(12,13)14/h1-3,15H. The Bertz CT molecular complexity index is 381. The molecule has 0 aliphatic rings. The largest absolute Gasteiger partial charge is 0.573 e. The zero-order valence-electron chi connectivity index (χ0n) is 7.36. The maximum Gasteiger partial charge on any atom is 0.573 e. The average molecular weight is 246 g/mol. The van der Waals surface area contributed by atoms with Gasteiger partial charge < -0.3 is 9.84 Å². The van der Waals surface area contributed by atoms with E-state index in [2.05, 4.69) is 4.74 Å². The second-order valence-electron chi connectivity index (χ2n) is 2.73. The zero-order chi connectivity index (χ0) is 12.6. The predicted molar refractivity (Wildman–Crippen MR) is 39.8 cm³/mol. The minimum Gasteiger partial charge on any atom is -0.504 e. The fourth-order valence-corrected chi connectivity index (χ4v) is 0.897. The van der Waals surface area contributed by atoms with E-state index < -0.39 is 29.6 Å². The van der Waals surface area contributed by atoms with Gasteiger partial charge in [0.15, 0.2) is 11.5 Å². The Kier molecular flexibility index (Phi) is 2.93. The number of hydrogen-bond donors (Lipinski definition) is 1. The lowest BCUT2D eigenvalue weighted by atomic mass is 10.2. The summed E-state index contributed by atoms with van der Waals surface area (Å²) < 4.78 is 74.8. The van der Waals surface area contributed by atoms with Gasteiger partial charge in [-0.15, -0.1) is 13.2 Å². The molecule has 1 N–H and O–H groups in total. The molecule has 90 valence electrons. The lowest BCUT2D eigenvalue weighted by Crippen LogP contribution is -2.17. The topological polar surface area (TPSA) is 29.5 Å². The highest BCUT2D eigenvalue weighted by atomic mass is 19.4. The fourth-order valence-electron chi connectivity index (χ4n) is 0.897. The molecule has 0 radical (unpaired) electrons. The van der Waals surface area contributed by atoms with E-state index in [9.17, 15) is 26.3 Å². The molecule has 0 aliphatic heterocycles. The quantitative estimate of drug-likeness (QED) is 0.770. The molecule has 0 spiro atoms. The predicted octanol–water partition coefficient (Wildman–Crippen LogP) is 3.31. The monoisotopic (exact) mass is 246 g/mol. The van der Waals surface area contributed by atoms with Crippen LogP contribution in [0.25, 0.3) is 0 Å². The van der Waals surface area contributed by atoms with E-state index in [0.29, 0.717) is 12.1 Å². The van der Waals surface area contributed by atoms with Gasteiger partial charge in [0.25, 0.3) is 0 Å². The molecule has 0 aromatic heterocycles. The maximum atomic E-state index is 12.1. The number of ether oxygens (including phenoxy) is 1. The highest BCUT2D eigenvalue weighted by Crippen LogP contribution is 2.37. The average Bonchev–Trinajstić information content (AvgIpc) is 2.04. The third-order valence-electron chi connectivity index (χ3n) is 1.51. The molecule has 0 heterocycles. The Hall–Kier alpha value is -1.60. The highest BCUT2D eigenvalue weighted by molar-refractivity contribution is 5.42. The minimum atomic E-state index is -5.16. The van der Waals surface area contributed by atoms with Crippen LogP contribution in [0, 0.1) is 0 Å². The summed E-state index contributed by atoms with van der Waals surface area (Å²) in [5, 5.41) is 8.87. The summed E-state index contributed by atoms with van der Waals surface area (Å²) in [4.78, 5) is 0. The Balaban J connectivity index is 3.10. The summed E-state index contributed by atoms with van der Waals surface area (Å²) in [6.07, 6.45) is -9.97. The van der Waals surface area contributed by atoms with Gasteiger partial charge in [0, 0.05) is 0 Å². The van der Waals surface area contributed by atoms with Gasteiger partial charge in [0.2, 0.25) is 0 Å². The van der Waals surface area contributed by atoms with Crippen LogP contribution in [0.15, 0.2) is 18.2 Å². The summed E-state index contributed by atoms with van der Waals surface area (Å²) in [5.74, 6) is -2.31. The van der Waals surface area contributed by atoms with Crippen LogP contribution >= 0.6 is 0 Å². The van der Waals surface area contributed by atoms with Crippen LogP contribution in [0.3, 0.4) is 0 Å². The molecule has 0 unspecified atom stereocenters. The van der Waals surface area contributed by atoms with E-state index in [1.165, 1.54) is 0 Å². The Morgan fingerprint density at radius 2 is 1.56 bits per heavy atom. The van der Waals surface area contributed by atoms with Gasteiger partial charge in [-0.05, 0) is 18.2 Å². The molecule has 1 rings (SSSR count). The van der Waals surface area contributed by atoms with Gasteiger partial charge >= 0.3 is 12.5 Å².